The number of benzene rings is 3. The Morgan fingerprint density at radius 3 is 2.27 bits per heavy atom. The summed E-state index contributed by atoms with van der Waals surface area (Å²) in [6.07, 6.45) is -3.47. The standard InChI is InChI=1S/C25H23F3N4O/c1-3-23(24-29-30-31-32(24)2)19-9-13-22(14-10-19)33-16-17-5-4-6-20(15-17)18-7-11-21(12-8-18)25(26,27)28/h4-15,23H,3,16H2,1-2H3. The molecule has 0 fully saturated rings. The fraction of sp³-hybridized carbons (Fsp3) is 0.240. The Hall–Kier alpha value is -3.68. The fourth-order valence-corrected chi connectivity index (χ4v) is 3.75. The molecule has 1 unspecified atom stereocenters. The molecular weight excluding hydrogens is 429 g/mol. The van der Waals surface area contributed by atoms with Crippen molar-refractivity contribution >= 4 is 0 Å². The van der Waals surface area contributed by atoms with Crippen LogP contribution in [0.4, 0.5) is 13.2 Å². The summed E-state index contributed by atoms with van der Waals surface area (Å²) in [7, 11) is 1.83. The van der Waals surface area contributed by atoms with E-state index >= 15 is 0 Å². The van der Waals surface area contributed by atoms with Crippen LogP contribution in [0.5, 0.6) is 5.75 Å². The summed E-state index contributed by atoms with van der Waals surface area (Å²) in [4.78, 5) is 0. The van der Waals surface area contributed by atoms with Crippen LogP contribution in [0.25, 0.3) is 11.1 Å². The van der Waals surface area contributed by atoms with Crippen LogP contribution in [0.15, 0.2) is 72.8 Å². The second-order valence-corrected chi connectivity index (χ2v) is 7.75. The van der Waals surface area contributed by atoms with Crippen LogP contribution in [0.2, 0.25) is 0 Å². The van der Waals surface area contributed by atoms with Gasteiger partial charge in [-0.25, -0.2) is 4.68 Å². The number of halogens is 3. The molecule has 0 aliphatic heterocycles. The molecule has 1 aromatic heterocycles. The second kappa shape index (κ2) is 9.44. The van der Waals surface area contributed by atoms with Gasteiger partial charge in [0.1, 0.15) is 12.4 Å². The van der Waals surface area contributed by atoms with Crippen molar-refractivity contribution < 1.29 is 17.9 Å². The Morgan fingerprint density at radius 2 is 1.67 bits per heavy atom. The minimum absolute atomic E-state index is 0.0967. The summed E-state index contributed by atoms with van der Waals surface area (Å²) in [5.41, 5.74) is 2.93. The molecule has 0 aliphatic carbocycles. The van der Waals surface area contributed by atoms with E-state index in [0.717, 1.165) is 52.4 Å². The Kier molecular flexibility index (Phi) is 6.44. The number of hydrogen-bond donors (Lipinski definition) is 0. The van der Waals surface area contributed by atoms with Crippen LogP contribution < -0.4 is 4.74 Å². The molecule has 0 amide bonds. The molecular formula is C25H23F3N4O. The number of rotatable bonds is 7. The van der Waals surface area contributed by atoms with Crippen molar-refractivity contribution in [3.05, 3.63) is 95.3 Å². The predicted molar refractivity (Wildman–Crippen MR) is 119 cm³/mol. The molecule has 1 atom stereocenters. The third kappa shape index (κ3) is 5.22. The lowest BCUT2D eigenvalue weighted by atomic mass is 9.95. The van der Waals surface area contributed by atoms with Gasteiger partial charge >= 0.3 is 6.18 Å². The number of alkyl halides is 3. The van der Waals surface area contributed by atoms with Crippen molar-refractivity contribution in [1.29, 1.82) is 0 Å². The normalized spacial score (nSPS) is 12.5. The zero-order valence-electron chi connectivity index (χ0n) is 18.3. The van der Waals surface area contributed by atoms with E-state index in [1.165, 1.54) is 12.1 Å². The van der Waals surface area contributed by atoms with Crippen LogP contribution in [-0.2, 0) is 19.8 Å². The average molecular weight is 452 g/mol. The maximum absolute atomic E-state index is 12.8. The molecule has 33 heavy (non-hydrogen) atoms. The molecule has 0 spiro atoms. The lowest BCUT2D eigenvalue weighted by molar-refractivity contribution is -0.137. The van der Waals surface area contributed by atoms with Crippen molar-refractivity contribution in [2.24, 2.45) is 7.05 Å². The van der Waals surface area contributed by atoms with Gasteiger partial charge < -0.3 is 4.74 Å². The number of ether oxygens (including phenoxy) is 1. The Bertz CT molecular complexity index is 1200. The summed E-state index contributed by atoms with van der Waals surface area (Å²) in [5, 5.41) is 11.8. The largest absolute Gasteiger partial charge is 0.489 e. The first-order valence-corrected chi connectivity index (χ1v) is 10.6. The van der Waals surface area contributed by atoms with Crippen LogP contribution in [0, 0.1) is 0 Å². The van der Waals surface area contributed by atoms with E-state index in [2.05, 4.69) is 22.4 Å². The molecule has 8 heteroatoms. The topological polar surface area (TPSA) is 52.8 Å². The average Bonchev–Trinajstić information content (AvgIpc) is 3.24. The van der Waals surface area contributed by atoms with Crippen molar-refractivity contribution in [1.82, 2.24) is 20.2 Å². The highest BCUT2D eigenvalue weighted by atomic mass is 19.4. The molecule has 0 N–H and O–H groups in total. The summed E-state index contributed by atoms with van der Waals surface area (Å²) >= 11 is 0. The summed E-state index contributed by atoms with van der Waals surface area (Å²) in [6, 6.07) is 20.6. The molecule has 170 valence electrons. The Morgan fingerprint density at radius 1 is 0.939 bits per heavy atom. The van der Waals surface area contributed by atoms with Gasteiger partial charge in [-0.1, -0.05) is 49.4 Å². The van der Waals surface area contributed by atoms with Gasteiger partial charge in [0.2, 0.25) is 0 Å². The zero-order valence-corrected chi connectivity index (χ0v) is 18.3. The smallest absolute Gasteiger partial charge is 0.416 e. The highest BCUT2D eigenvalue weighted by molar-refractivity contribution is 5.64. The Labute approximate surface area is 189 Å². The summed E-state index contributed by atoms with van der Waals surface area (Å²) in [6.45, 7) is 2.44. The van der Waals surface area contributed by atoms with Crippen LogP contribution in [-0.4, -0.2) is 20.2 Å². The van der Waals surface area contributed by atoms with E-state index in [4.69, 9.17) is 4.74 Å². The molecule has 0 radical (unpaired) electrons. The van der Waals surface area contributed by atoms with Crippen LogP contribution >= 0.6 is 0 Å². The minimum atomic E-state index is -4.34. The van der Waals surface area contributed by atoms with Crippen LogP contribution in [0.1, 0.15) is 41.8 Å². The Balaban J connectivity index is 1.43. The maximum Gasteiger partial charge on any atom is 0.416 e. The predicted octanol–water partition coefficient (Wildman–Crippen LogP) is 6.02. The molecule has 0 aliphatic rings. The van der Waals surface area contributed by atoms with Gasteiger partial charge in [-0.15, -0.1) is 5.10 Å². The van der Waals surface area contributed by atoms with Gasteiger partial charge in [-0.05, 0) is 69.4 Å². The van der Waals surface area contributed by atoms with Gasteiger partial charge in [0.05, 0.1) is 5.56 Å². The van der Waals surface area contributed by atoms with E-state index < -0.39 is 11.7 Å². The van der Waals surface area contributed by atoms with Crippen LogP contribution in [0.3, 0.4) is 0 Å². The van der Waals surface area contributed by atoms with Gasteiger partial charge in [-0.3, -0.25) is 0 Å². The van der Waals surface area contributed by atoms with Crippen molar-refractivity contribution in [2.45, 2.75) is 32.0 Å². The SMILES string of the molecule is CCC(c1ccc(OCc2cccc(-c3ccc(C(F)(F)F)cc3)c2)cc1)c1nnnn1C. The monoisotopic (exact) mass is 452 g/mol. The molecule has 4 aromatic rings. The lowest BCUT2D eigenvalue weighted by Gasteiger charge is -2.14. The van der Waals surface area contributed by atoms with Crippen molar-refractivity contribution in [2.75, 3.05) is 0 Å². The molecule has 1 heterocycles. The molecule has 0 bridgehead atoms. The molecule has 4 rings (SSSR count). The minimum Gasteiger partial charge on any atom is -0.489 e. The first kappa shape index (κ1) is 22.5. The fourth-order valence-electron chi connectivity index (χ4n) is 3.75. The number of aryl methyl sites for hydroxylation is 1. The number of nitrogens with zero attached hydrogens (tertiary/aromatic N) is 4. The second-order valence-electron chi connectivity index (χ2n) is 7.75. The lowest BCUT2D eigenvalue weighted by Crippen LogP contribution is -2.08. The first-order valence-electron chi connectivity index (χ1n) is 10.6. The van der Waals surface area contributed by atoms with E-state index in [9.17, 15) is 13.2 Å². The molecule has 0 saturated heterocycles. The van der Waals surface area contributed by atoms with Gasteiger partial charge in [0.25, 0.3) is 0 Å². The highest BCUT2D eigenvalue weighted by Crippen LogP contribution is 2.31. The number of hydrogen-bond acceptors (Lipinski definition) is 4. The maximum atomic E-state index is 12.8. The van der Waals surface area contributed by atoms with Crippen molar-refractivity contribution in [3.63, 3.8) is 0 Å². The first-order chi connectivity index (χ1) is 15.8. The van der Waals surface area contributed by atoms with Crippen molar-refractivity contribution in [3.8, 4) is 16.9 Å². The van der Waals surface area contributed by atoms with E-state index in [1.807, 2.05) is 55.6 Å². The highest BCUT2D eigenvalue weighted by Gasteiger charge is 2.30. The quantitative estimate of drug-likeness (QED) is 0.344. The van der Waals surface area contributed by atoms with Gasteiger partial charge in [0, 0.05) is 13.0 Å². The molecule has 0 saturated carbocycles. The molecule has 3 aromatic carbocycles. The van der Waals surface area contributed by atoms with Gasteiger partial charge in [-0.2, -0.15) is 13.2 Å². The number of aromatic nitrogens is 4. The zero-order chi connectivity index (χ0) is 23.4. The summed E-state index contributed by atoms with van der Waals surface area (Å²) in [5.74, 6) is 1.63. The number of tetrazole rings is 1. The van der Waals surface area contributed by atoms with Gasteiger partial charge in [0.15, 0.2) is 5.82 Å². The van der Waals surface area contributed by atoms with E-state index in [-0.39, 0.29) is 5.92 Å². The van der Waals surface area contributed by atoms with E-state index in [1.54, 1.807) is 4.68 Å². The third-order valence-electron chi connectivity index (χ3n) is 5.53. The summed E-state index contributed by atoms with van der Waals surface area (Å²) < 4.78 is 46.0. The van der Waals surface area contributed by atoms with E-state index in [0.29, 0.717) is 6.61 Å². The molecule has 5 nitrogen and oxygen atoms in total. The third-order valence-corrected chi connectivity index (χ3v) is 5.53.